The van der Waals surface area contributed by atoms with Gasteiger partial charge in [0.2, 0.25) is 0 Å². The number of urea groups is 1. The molecule has 1 aromatic carbocycles. The van der Waals surface area contributed by atoms with Gasteiger partial charge >= 0.3 is 11.5 Å². The predicted molar refractivity (Wildman–Crippen MR) is 69.6 cm³/mol. The zero-order valence-electron chi connectivity index (χ0n) is 10.6. The van der Waals surface area contributed by atoms with Gasteiger partial charge in [0.05, 0.1) is 25.2 Å². The number of epoxide rings is 2. The van der Waals surface area contributed by atoms with Gasteiger partial charge in [-0.05, 0) is 23.3 Å². The highest BCUT2D eigenvalue weighted by Gasteiger charge is 2.31. The predicted octanol–water partition coefficient (Wildman–Crippen LogP) is 3.12. The van der Waals surface area contributed by atoms with E-state index < -0.39 is 23.5 Å². The number of ether oxygens (including phenoxy) is 2. The minimum absolute atomic E-state index is 0.0168. The molecule has 3 rings (SSSR count). The second-order valence-electron chi connectivity index (χ2n) is 4.64. The summed E-state index contributed by atoms with van der Waals surface area (Å²) in [7, 11) is 0. The van der Waals surface area contributed by atoms with Crippen molar-refractivity contribution in [2.24, 2.45) is 0 Å². The average molecular weight is 320 g/mol. The first-order valence-corrected chi connectivity index (χ1v) is 6.92. The molecular formula is C12H11F3N2O3S. The number of benzene rings is 1. The Balaban J connectivity index is 1.67. The van der Waals surface area contributed by atoms with Gasteiger partial charge in [0.15, 0.2) is 0 Å². The minimum Gasteiger partial charge on any atom is -0.368 e. The summed E-state index contributed by atoms with van der Waals surface area (Å²) in [6.07, 6.45) is -0.0336. The van der Waals surface area contributed by atoms with Crippen LogP contribution in [0, 0.1) is 0 Å². The average Bonchev–Trinajstić information content (AvgIpc) is 3.28. The molecule has 0 radical (unpaired) electrons. The Morgan fingerprint density at radius 3 is 2.10 bits per heavy atom. The van der Waals surface area contributed by atoms with Gasteiger partial charge in [0.25, 0.3) is 0 Å². The topological polar surface area (TPSA) is 66.2 Å². The van der Waals surface area contributed by atoms with Gasteiger partial charge in [-0.1, -0.05) is 6.07 Å². The van der Waals surface area contributed by atoms with Crippen molar-refractivity contribution < 1.29 is 27.4 Å². The van der Waals surface area contributed by atoms with Crippen LogP contribution in [0.2, 0.25) is 0 Å². The van der Waals surface area contributed by atoms with Crippen LogP contribution in [-0.2, 0) is 9.47 Å². The quantitative estimate of drug-likeness (QED) is 0.661. The molecule has 2 aliphatic rings. The third-order valence-corrected chi connectivity index (χ3v) is 3.42. The zero-order valence-corrected chi connectivity index (χ0v) is 11.4. The SMILES string of the molecule is O=C(NSC(F)(F)F)Nc1cc(C2CO2)cc(C2CO2)c1. The normalized spacial score (nSPS) is 23.6. The first kappa shape index (κ1) is 14.5. The third kappa shape index (κ3) is 4.26. The first-order chi connectivity index (χ1) is 9.90. The summed E-state index contributed by atoms with van der Waals surface area (Å²) in [5.41, 5.74) is -2.36. The smallest absolute Gasteiger partial charge is 0.368 e. The second kappa shape index (κ2) is 5.39. The molecule has 2 saturated heterocycles. The summed E-state index contributed by atoms with van der Waals surface area (Å²) in [5.74, 6) is 0. The van der Waals surface area contributed by atoms with Crippen molar-refractivity contribution in [1.82, 2.24) is 4.72 Å². The van der Waals surface area contributed by atoms with Crippen LogP contribution in [0.25, 0.3) is 0 Å². The number of nitrogens with one attached hydrogen (secondary N) is 2. The second-order valence-corrected chi connectivity index (χ2v) is 5.51. The Bertz CT molecular complexity index is 529. The lowest BCUT2D eigenvalue weighted by Gasteiger charge is -2.11. The number of carbonyl (C=O) groups is 1. The highest BCUT2D eigenvalue weighted by molar-refractivity contribution is 7.98. The van der Waals surface area contributed by atoms with Gasteiger partial charge in [-0.3, -0.25) is 4.72 Å². The monoisotopic (exact) mass is 320 g/mol. The molecule has 0 spiro atoms. The van der Waals surface area contributed by atoms with E-state index in [-0.39, 0.29) is 12.2 Å². The maximum absolute atomic E-state index is 12.0. The Morgan fingerprint density at radius 1 is 1.14 bits per heavy atom. The third-order valence-electron chi connectivity index (χ3n) is 2.91. The number of carbonyl (C=O) groups excluding carboxylic acids is 1. The van der Waals surface area contributed by atoms with Crippen molar-refractivity contribution in [2.45, 2.75) is 17.7 Å². The van der Waals surface area contributed by atoms with E-state index in [9.17, 15) is 18.0 Å². The highest BCUT2D eigenvalue weighted by atomic mass is 32.2. The molecule has 0 aromatic heterocycles. The lowest BCUT2D eigenvalue weighted by atomic mass is 10.0. The van der Waals surface area contributed by atoms with E-state index in [4.69, 9.17) is 9.47 Å². The van der Waals surface area contributed by atoms with Crippen molar-refractivity contribution in [2.75, 3.05) is 18.5 Å². The molecule has 1 aromatic rings. The van der Waals surface area contributed by atoms with Gasteiger partial charge in [0.1, 0.15) is 12.2 Å². The highest BCUT2D eigenvalue weighted by Crippen LogP contribution is 2.37. The molecule has 0 saturated carbocycles. The fourth-order valence-corrected chi connectivity index (χ4v) is 2.12. The summed E-state index contributed by atoms with van der Waals surface area (Å²) >= 11 is -0.605. The number of amides is 2. The number of anilines is 1. The van der Waals surface area contributed by atoms with Crippen LogP contribution < -0.4 is 10.0 Å². The van der Waals surface area contributed by atoms with Gasteiger partial charge in [0, 0.05) is 5.69 Å². The van der Waals surface area contributed by atoms with Gasteiger partial charge in [-0.2, -0.15) is 13.2 Å². The van der Waals surface area contributed by atoms with E-state index >= 15 is 0 Å². The molecule has 2 fully saturated rings. The van der Waals surface area contributed by atoms with Crippen LogP contribution >= 0.6 is 11.9 Å². The molecule has 0 bridgehead atoms. The van der Waals surface area contributed by atoms with Crippen LogP contribution in [0.5, 0.6) is 0 Å². The molecule has 114 valence electrons. The van der Waals surface area contributed by atoms with Gasteiger partial charge in [-0.15, -0.1) is 0 Å². The summed E-state index contributed by atoms with van der Waals surface area (Å²) in [6, 6.07) is 4.35. The zero-order chi connectivity index (χ0) is 15.0. The van der Waals surface area contributed by atoms with Crippen molar-refractivity contribution in [3.8, 4) is 0 Å². The fourth-order valence-electron chi connectivity index (χ4n) is 1.86. The summed E-state index contributed by atoms with van der Waals surface area (Å²) in [6.45, 7) is 1.20. The van der Waals surface area contributed by atoms with E-state index in [1.807, 2.05) is 6.07 Å². The van der Waals surface area contributed by atoms with Crippen LogP contribution in [0.15, 0.2) is 18.2 Å². The molecule has 9 heteroatoms. The molecule has 2 atom stereocenters. The summed E-state index contributed by atoms with van der Waals surface area (Å²) < 4.78 is 48.0. The van der Waals surface area contributed by atoms with Crippen LogP contribution in [0.3, 0.4) is 0 Å². The number of hydrogen-bond donors (Lipinski definition) is 2. The standard InChI is InChI=1S/C12H11F3N2O3S/c13-12(14,15)21-17-11(18)16-8-2-6(9-4-19-9)1-7(3-8)10-5-20-10/h1-3,9-10H,4-5H2,(H2,16,17,18). The van der Waals surface area contributed by atoms with Gasteiger partial charge < -0.3 is 14.8 Å². The Labute approximate surface area is 122 Å². The van der Waals surface area contributed by atoms with E-state index in [1.54, 1.807) is 16.9 Å². The van der Waals surface area contributed by atoms with Crippen molar-refractivity contribution in [3.63, 3.8) is 0 Å². The molecule has 2 N–H and O–H groups in total. The van der Waals surface area contributed by atoms with E-state index in [0.29, 0.717) is 18.9 Å². The maximum atomic E-state index is 12.0. The lowest BCUT2D eigenvalue weighted by molar-refractivity contribution is -0.0333. The Morgan fingerprint density at radius 2 is 1.67 bits per heavy atom. The first-order valence-electron chi connectivity index (χ1n) is 6.10. The number of hydrogen-bond acceptors (Lipinski definition) is 4. The van der Waals surface area contributed by atoms with Crippen LogP contribution in [-0.4, -0.2) is 24.8 Å². The van der Waals surface area contributed by atoms with E-state index in [2.05, 4.69) is 5.32 Å². The maximum Gasteiger partial charge on any atom is 0.461 e. The van der Waals surface area contributed by atoms with Crippen molar-refractivity contribution >= 4 is 23.7 Å². The van der Waals surface area contributed by atoms with Crippen LogP contribution in [0.1, 0.15) is 23.3 Å². The van der Waals surface area contributed by atoms with Crippen LogP contribution in [0.4, 0.5) is 23.7 Å². The molecular weight excluding hydrogens is 309 g/mol. The van der Waals surface area contributed by atoms with Gasteiger partial charge in [-0.25, -0.2) is 4.79 Å². The number of rotatable bonds is 4. The number of alkyl halides is 3. The Hall–Kier alpha value is -1.45. The van der Waals surface area contributed by atoms with E-state index in [1.165, 1.54) is 0 Å². The van der Waals surface area contributed by atoms with Crippen molar-refractivity contribution in [1.29, 1.82) is 0 Å². The fraction of sp³-hybridized carbons (Fsp3) is 0.417. The molecule has 2 heterocycles. The van der Waals surface area contributed by atoms with Crippen molar-refractivity contribution in [3.05, 3.63) is 29.3 Å². The molecule has 5 nitrogen and oxygen atoms in total. The number of halogens is 3. The largest absolute Gasteiger partial charge is 0.461 e. The molecule has 21 heavy (non-hydrogen) atoms. The molecule has 2 amide bonds. The summed E-state index contributed by atoms with van der Waals surface area (Å²) in [4.78, 5) is 11.4. The Kier molecular flexibility index (Phi) is 3.72. The molecule has 0 aliphatic carbocycles. The lowest BCUT2D eigenvalue weighted by Crippen LogP contribution is -2.26. The van der Waals surface area contributed by atoms with E-state index in [0.717, 1.165) is 11.1 Å². The minimum atomic E-state index is -4.52. The summed E-state index contributed by atoms with van der Waals surface area (Å²) in [5, 5.41) is 2.38. The molecule has 2 aliphatic heterocycles. The molecule has 2 unspecified atom stereocenters.